The van der Waals surface area contributed by atoms with Gasteiger partial charge in [0.2, 0.25) is 5.91 Å². The van der Waals surface area contributed by atoms with Crippen LogP contribution >= 0.6 is 0 Å². The quantitative estimate of drug-likeness (QED) is 0.690. The van der Waals surface area contributed by atoms with Crippen molar-refractivity contribution in [1.29, 1.82) is 0 Å². The lowest BCUT2D eigenvalue weighted by Crippen LogP contribution is -2.43. The summed E-state index contributed by atoms with van der Waals surface area (Å²) in [5, 5.41) is 13.8. The van der Waals surface area contributed by atoms with Crippen LogP contribution in [0.5, 0.6) is 0 Å². The maximum Gasteiger partial charge on any atom is 0.253 e. The number of aliphatic hydroxyl groups is 1. The number of hydrogen-bond acceptors (Lipinski definition) is 3. The highest BCUT2D eigenvalue weighted by atomic mass is 16.2. The first kappa shape index (κ1) is 15.7. The Morgan fingerprint density at radius 3 is 2.70 bits per heavy atom. The van der Waals surface area contributed by atoms with Gasteiger partial charge in [-0.2, -0.15) is 0 Å². The second-order valence-corrected chi connectivity index (χ2v) is 4.13. The van der Waals surface area contributed by atoms with Gasteiger partial charge < -0.3 is 15.7 Å². The van der Waals surface area contributed by atoms with Crippen molar-refractivity contribution in [2.45, 2.75) is 19.4 Å². The van der Waals surface area contributed by atoms with E-state index in [1.165, 1.54) is 7.05 Å². The molecule has 5 heteroatoms. The Balaban J connectivity index is 2.88. The number of likely N-dealkylation sites (N-methyl/N-ethyl adjacent to an activating group) is 1. The van der Waals surface area contributed by atoms with E-state index in [0.29, 0.717) is 17.5 Å². The van der Waals surface area contributed by atoms with E-state index in [1.807, 2.05) is 0 Å². The molecule has 5 nitrogen and oxygen atoms in total. The SMILES string of the molecule is CNC(=O)C(C)NC(=O)c1ccccc1C#CCCO. The second kappa shape index (κ2) is 7.97. The molecule has 1 atom stereocenters. The Morgan fingerprint density at radius 1 is 1.35 bits per heavy atom. The Morgan fingerprint density at radius 2 is 2.05 bits per heavy atom. The molecule has 0 heterocycles. The van der Waals surface area contributed by atoms with E-state index in [0.717, 1.165) is 0 Å². The Kier molecular flexibility index (Phi) is 6.27. The number of hydrogen-bond donors (Lipinski definition) is 3. The first-order valence-electron chi connectivity index (χ1n) is 6.31. The van der Waals surface area contributed by atoms with E-state index in [1.54, 1.807) is 31.2 Å². The van der Waals surface area contributed by atoms with Crippen molar-refractivity contribution in [1.82, 2.24) is 10.6 Å². The molecule has 1 unspecified atom stereocenters. The van der Waals surface area contributed by atoms with Gasteiger partial charge in [0, 0.05) is 19.0 Å². The minimum absolute atomic E-state index is 0.0188. The average molecular weight is 274 g/mol. The highest BCUT2D eigenvalue weighted by Crippen LogP contribution is 2.07. The van der Waals surface area contributed by atoms with Gasteiger partial charge in [-0.25, -0.2) is 0 Å². The van der Waals surface area contributed by atoms with E-state index < -0.39 is 6.04 Å². The molecule has 2 amide bonds. The zero-order valence-corrected chi connectivity index (χ0v) is 11.6. The molecule has 1 aromatic rings. The summed E-state index contributed by atoms with van der Waals surface area (Å²) in [5.74, 6) is 5.00. The van der Waals surface area contributed by atoms with Gasteiger partial charge in [-0.15, -0.1) is 0 Å². The van der Waals surface area contributed by atoms with Gasteiger partial charge in [0.1, 0.15) is 6.04 Å². The molecule has 0 bridgehead atoms. The minimum atomic E-state index is -0.619. The maximum absolute atomic E-state index is 12.1. The van der Waals surface area contributed by atoms with Crippen molar-refractivity contribution >= 4 is 11.8 Å². The topological polar surface area (TPSA) is 78.4 Å². The van der Waals surface area contributed by atoms with Gasteiger partial charge in [-0.05, 0) is 19.1 Å². The van der Waals surface area contributed by atoms with Crippen LogP contribution in [0.3, 0.4) is 0 Å². The molecule has 0 aromatic heterocycles. The second-order valence-electron chi connectivity index (χ2n) is 4.13. The fraction of sp³-hybridized carbons (Fsp3) is 0.333. The van der Waals surface area contributed by atoms with Crippen LogP contribution in [-0.2, 0) is 4.79 Å². The highest BCUT2D eigenvalue weighted by molar-refractivity contribution is 5.99. The first-order valence-corrected chi connectivity index (χ1v) is 6.31. The number of amides is 2. The van der Waals surface area contributed by atoms with Crippen molar-refractivity contribution < 1.29 is 14.7 Å². The van der Waals surface area contributed by atoms with Gasteiger partial charge in [0.25, 0.3) is 5.91 Å². The number of carbonyl (C=O) groups is 2. The lowest BCUT2D eigenvalue weighted by atomic mass is 10.1. The molecule has 0 aliphatic heterocycles. The number of aliphatic hydroxyl groups excluding tert-OH is 1. The zero-order chi connectivity index (χ0) is 15.0. The van der Waals surface area contributed by atoms with Crippen LogP contribution < -0.4 is 10.6 Å². The van der Waals surface area contributed by atoms with Crippen LogP contribution in [0.1, 0.15) is 29.3 Å². The summed E-state index contributed by atoms with van der Waals surface area (Å²) in [6, 6.07) is 6.27. The zero-order valence-electron chi connectivity index (χ0n) is 11.6. The molecule has 106 valence electrons. The van der Waals surface area contributed by atoms with E-state index in [2.05, 4.69) is 22.5 Å². The van der Waals surface area contributed by atoms with Crippen LogP contribution in [0.25, 0.3) is 0 Å². The molecule has 0 aliphatic carbocycles. The largest absolute Gasteiger partial charge is 0.395 e. The Hall–Kier alpha value is -2.32. The number of benzene rings is 1. The lowest BCUT2D eigenvalue weighted by molar-refractivity contribution is -0.122. The molecular weight excluding hydrogens is 256 g/mol. The van der Waals surface area contributed by atoms with Crippen molar-refractivity contribution in [3.05, 3.63) is 35.4 Å². The van der Waals surface area contributed by atoms with Crippen LogP contribution in [0.2, 0.25) is 0 Å². The van der Waals surface area contributed by atoms with E-state index >= 15 is 0 Å². The van der Waals surface area contributed by atoms with E-state index in [9.17, 15) is 9.59 Å². The molecule has 0 spiro atoms. The van der Waals surface area contributed by atoms with E-state index in [-0.39, 0.29) is 18.4 Å². The molecule has 0 radical (unpaired) electrons. The minimum Gasteiger partial charge on any atom is -0.395 e. The number of carbonyl (C=O) groups excluding carboxylic acids is 2. The number of nitrogens with one attached hydrogen (secondary N) is 2. The van der Waals surface area contributed by atoms with Crippen molar-refractivity contribution in [3.8, 4) is 11.8 Å². The Labute approximate surface area is 118 Å². The number of rotatable bonds is 4. The van der Waals surface area contributed by atoms with Gasteiger partial charge >= 0.3 is 0 Å². The highest BCUT2D eigenvalue weighted by Gasteiger charge is 2.16. The van der Waals surface area contributed by atoms with Gasteiger partial charge in [-0.1, -0.05) is 24.0 Å². The van der Waals surface area contributed by atoms with E-state index in [4.69, 9.17) is 5.11 Å². The summed E-state index contributed by atoms with van der Waals surface area (Å²) >= 11 is 0. The van der Waals surface area contributed by atoms with Gasteiger partial charge in [0.05, 0.1) is 12.2 Å². The summed E-state index contributed by atoms with van der Waals surface area (Å²) in [6.45, 7) is 1.59. The first-order chi connectivity index (χ1) is 9.60. The molecule has 0 saturated carbocycles. The van der Waals surface area contributed by atoms with Crippen molar-refractivity contribution in [3.63, 3.8) is 0 Å². The standard InChI is InChI=1S/C15H18N2O3/c1-11(14(19)16-2)17-15(20)13-9-4-3-7-12(13)8-5-6-10-18/h3-4,7,9,11,18H,6,10H2,1-2H3,(H,16,19)(H,17,20). The fourth-order valence-electron chi connectivity index (χ4n) is 1.56. The molecule has 20 heavy (non-hydrogen) atoms. The van der Waals surface area contributed by atoms with Crippen LogP contribution in [-0.4, -0.2) is 36.6 Å². The van der Waals surface area contributed by atoms with Crippen molar-refractivity contribution in [2.75, 3.05) is 13.7 Å². The summed E-state index contributed by atoms with van der Waals surface area (Å²) < 4.78 is 0. The van der Waals surface area contributed by atoms with Gasteiger partial charge in [-0.3, -0.25) is 9.59 Å². The molecule has 0 saturated heterocycles. The third-order valence-electron chi connectivity index (χ3n) is 2.62. The van der Waals surface area contributed by atoms with Crippen LogP contribution in [0.15, 0.2) is 24.3 Å². The van der Waals surface area contributed by atoms with Crippen LogP contribution in [0, 0.1) is 11.8 Å². The monoisotopic (exact) mass is 274 g/mol. The third-order valence-corrected chi connectivity index (χ3v) is 2.62. The molecule has 0 aliphatic rings. The van der Waals surface area contributed by atoms with Crippen molar-refractivity contribution in [2.24, 2.45) is 0 Å². The predicted molar refractivity (Wildman–Crippen MR) is 76.0 cm³/mol. The maximum atomic E-state index is 12.1. The smallest absolute Gasteiger partial charge is 0.253 e. The summed E-state index contributed by atoms with van der Waals surface area (Å²) in [5.41, 5.74) is 0.983. The molecule has 0 fully saturated rings. The average Bonchev–Trinajstić information content (AvgIpc) is 2.47. The lowest BCUT2D eigenvalue weighted by Gasteiger charge is -2.13. The molecular formula is C15H18N2O3. The third kappa shape index (κ3) is 4.41. The molecule has 3 N–H and O–H groups in total. The van der Waals surface area contributed by atoms with Crippen LogP contribution in [0.4, 0.5) is 0 Å². The predicted octanol–water partition coefficient (Wildman–Crippen LogP) is 0.285. The molecule has 1 rings (SSSR count). The summed E-state index contributed by atoms with van der Waals surface area (Å²) in [6.07, 6.45) is 0.352. The summed E-state index contributed by atoms with van der Waals surface area (Å²) in [7, 11) is 1.51. The normalized spacial score (nSPS) is 10.9. The molecule has 1 aromatic carbocycles. The summed E-state index contributed by atoms with van der Waals surface area (Å²) in [4.78, 5) is 23.5. The fourth-order valence-corrected chi connectivity index (χ4v) is 1.56. The Bertz CT molecular complexity index is 544. The van der Waals surface area contributed by atoms with Gasteiger partial charge in [0.15, 0.2) is 0 Å².